The third kappa shape index (κ3) is 2.97. The molecular formula is C14H25N5. The SMILES string of the molecule is CCc1nc(N)c(C)c(N2CCCN(C)CC2C)n1. The summed E-state index contributed by atoms with van der Waals surface area (Å²) in [6, 6.07) is 0.449. The minimum Gasteiger partial charge on any atom is -0.383 e. The van der Waals surface area contributed by atoms with Gasteiger partial charge in [0.1, 0.15) is 17.5 Å². The highest BCUT2D eigenvalue weighted by Crippen LogP contribution is 2.25. The van der Waals surface area contributed by atoms with Crippen LogP contribution in [0.2, 0.25) is 0 Å². The standard InChI is InChI=1S/C14H25N5/c1-5-12-16-13(15)11(3)14(17-12)19-8-6-7-18(4)9-10(19)2/h10H,5-9H2,1-4H3,(H2,15,16,17). The Morgan fingerprint density at radius 1 is 1.32 bits per heavy atom. The summed E-state index contributed by atoms with van der Waals surface area (Å²) in [7, 11) is 2.18. The molecule has 0 radical (unpaired) electrons. The summed E-state index contributed by atoms with van der Waals surface area (Å²) in [4.78, 5) is 13.8. The smallest absolute Gasteiger partial charge is 0.137 e. The zero-order chi connectivity index (χ0) is 14.0. The second-order valence-electron chi connectivity index (χ2n) is 5.49. The maximum atomic E-state index is 6.03. The van der Waals surface area contributed by atoms with Crippen LogP contribution in [-0.4, -0.2) is 47.6 Å². The van der Waals surface area contributed by atoms with E-state index in [1.165, 1.54) is 0 Å². The topological polar surface area (TPSA) is 58.3 Å². The maximum Gasteiger partial charge on any atom is 0.137 e. The minimum absolute atomic E-state index is 0.449. The molecule has 0 spiro atoms. The van der Waals surface area contributed by atoms with Gasteiger partial charge in [0.05, 0.1) is 0 Å². The monoisotopic (exact) mass is 263 g/mol. The van der Waals surface area contributed by atoms with Gasteiger partial charge in [-0.25, -0.2) is 9.97 Å². The number of aryl methyl sites for hydroxylation is 1. The van der Waals surface area contributed by atoms with E-state index in [1.54, 1.807) is 0 Å². The van der Waals surface area contributed by atoms with Gasteiger partial charge in [0, 0.05) is 31.1 Å². The van der Waals surface area contributed by atoms with Gasteiger partial charge in [-0.1, -0.05) is 6.92 Å². The first kappa shape index (κ1) is 14.1. The van der Waals surface area contributed by atoms with Crippen molar-refractivity contribution in [1.29, 1.82) is 0 Å². The van der Waals surface area contributed by atoms with Crippen molar-refractivity contribution < 1.29 is 0 Å². The van der Waals surface area contributed by atoms with Crippen molar-refractivity contribution in [3.05, 3.63) is 11.4 Å². The molecule has 1 aliphatic heterocycles. The van der Waals surface area contributed by atoms with Gasteiger partial charge in [0.2, 0.25) is 0 Å². The fourth-order valence-corrected chi connectivity index (χ4v) is 2.69. The molecule has 1 unspecified atom stereocenters. The summed E-state index contributed by atoms with van der Waals surface area (Å²) in [5.41, 5.74) is 7.04. The van der Waals surface area contributed by atoms with Crippen molar-refractivity contribution in [2.24, 2.45) is 0 Å². The van der Waals surface area contributed by atoms with Gasteiger partial charge in [-0.15, -0.1) is 0 Å². The van der Waals surface area contributed by atoms with E-state index in [0.29, 0.717) is 11.9 Å². The normalized spacial score (nSPS) is 21.5. The van der Waals surface area contributed by atoms with Crippen molar-refractivity contribution in [2.75, 3.05) is 37.3 Å². The van der Waals surface area contributed by atoms with Crippen molar-refractivity contribution in [2.45, 2.75) is 39.7 Å². The first-order valence-corrected chi connectivity index (χ1v) is 7.11. The molecule has 106 valence electrons. The number of anilines is 2. The average Bonchev–Trinajstić information content (AvgIpc) is 2.53. The highest BCUT2D eigenvalue weighted by molar-refractivity contribution is 5.57. The zero-order valence-corrected chi connectivity index (χ0v) is 12.5. The molecule has 1 aromatic rings. The van der Waals surface area contributed by atoms with Crippen LogP contribution in [0.1, 0.15) is 31.7 Å². The Labute approximate surface area is 115 Å². The number of aromatic nitrogens is 2. The number of nitrogens with zero attached hydrogens (tertiary/aromatic N) is 4. The van der Waals surface area contributed by atoms with Crippen LogP contribution in [0.4, 0.5) is 11.6 Å². The molecule has 1 atom stereocenters. The Morgan fingerprint density at radius 2 is 2.05 bits per heavy atom. The van der Waals surface area contributed by atoms with Crippen LogP contribution in [0.3, 0.4) is 0 Å². The van der Waals surface area contributed by atoms with Crippen molar-refractivity contribution >= 4 is 11.6 Å². The van der Waals surface area contributed by atoms with Gasteiger partial charge in [0.25, 0.3) is 0 Å². The molecule has 0 saturated carbocycles. The van der Waals surface area contributed by atoms with E-state index in [9.17, 15) is 0 Å². The van der Waals surface area contributed by atoms with Crippen LogP contribution < -0.4 is 10.6 Å². The number of nitrogen functional groups attached to an aromatic ring is 1. The zero-order valence-electron chi connectivity index (χ0n) is 12.5. The van der Waals surface area contributed by atoms with Gasteiger partial charge in [-0.05, 0) is 33.9 Å². The van der Waals surface area contributed by atoms with Gasteiger partial charge in [0.15, 0.2) is 0 Å². The largest absolute Gasteiger partial charge is 0.383 e. The summed E-state index contributed by atoms with van der Waals surface area (Å²) < 4.78 is 0. The molecule has 1 aliphatic rings. The molecule has 1 saturated heterocycles. The number of hydrogen-bond acceptors (Lipinski definition) is 5. The third-order valence-corrected chi connectivity index (χ3v) is 3.84. The number of rotatable bonds is 2. The quantitative estimate of drug-likeness (QED) is 0.875. The van der Waals surface area contributed by atoms with Crippen LogP contribution in [0, 0.1) is 6.92 Å². The predicted molar refractivity (Wildman–Crippen MR) is 79.5 cm³/mol. The van der Waals surface area contributed by atoms with Gasteiger partial charge in [-0.3, -0.25) is 0 Å². The molecule has 5 heteroatoms. The fraction of sp³-hybridized carbons (Fsp3) is 0.714. The second-order valence-corrected chi connectivity index (χ2v) is 5.49. The first-order chi connectivity index (χ1) is 9.02. The molecule has 2 rings (SSSR count). The Morgan fingerprint density at radius 3 is 2.74 bits per heavy atom. The Bertz CT molecular complexity index is 446. The highest BCUT2D eigenvalue weighted by Gasteiger charge is 2.23. The van der Waals surface area contributed by atoms with Crippen LogP contribution in [0.25, 0.3) is 0 Å². The van der Waals surface area contributed by atoms with E-state index in [1.807, 2.05) is 6.92 Å². The Hall–Kier alpha value is -1.36. The van der Waals surface area contributed by atoms with E-state index in [0.717, 1.165) is 49.7 Å². The molecular weight excluding hydrogens is 238 g/mol. The molecule has 1 aromatic heterocycles. The summed E-state index contributed by atoms with van der Waals surface area (Å²) in [6.45, 7) is 9.57. The number of hydrogen-bond donors (Lipinski definition) is 1. The molecule has 2 N–H and O–H groups in total. The number of likely N-dealkylation sites (N-methyl/N-ethyl adjacent to an activating group) is 1. The summed E-state index contributed by atoms with van der Waals surface area (Å²) in [6.07, 6.45) is 1.98. The van der Waals surface area contributed by atoms with E-state index >= 15 is 0 Å². The van der Waals surface area contributed by atoms with Crippen LogP contribution in [0.15, 0.2) is 0 Å². The highest BCUT2D eigenvalue weighted by atomic mass is 15.3. The lowest BCUT2D eigenvalue weighted by Gasteiger charge is -2.30. The van der Waals surface area contributed by atoms with E-state index < -0.39 is 0 Å². The van der Waals surface area contributed by atoms with Gasteiger partial charge in [-0.2, -0.15) is 0 Å². The van der Waals surface area contributed by atoms with Crippen LogP contribution in [0.5, 0.6) is 0 Å². The lowest BCUT2D eigenvalue weighted by Crippen LogP contribution is -2.39. The first-order valence-electron chi connectivity index (χ1n) is 7.11. The fourth-order valence-electron chi connectivity index (χ4n) is 2.69. The number of nitrogens with two attached hydrogens (primary N) is 1. The molecule has 5 nitrogen and oxygen atoms in total. The van der Waals surface area contributed by atoms with E-state index in [-0.39, 0.29) is 0 Å². The summed E-state index contributed by atoms with van der Waals surface area (Å²) in [5.74, 6) is 2.47. The van der Waals surface area contributed by atoms with E-state index in [4.69, 9.17) is 10.7 Å². The Balaban J connectivity index is 2.36. The second kappa shape index (κ2) is 5.74. The molecule has 0 bridgehead atoms. The van der Waals surface area contributed by atoms with Gasteiger partial charge >= 0.3 is 0 Å². The van der Waals surface area contributed by atoms with Crippen molar-refractivity contribution in [3.63, 3.8) is 0 Å². The minimum atomic E-state index is 0.449. The average molecular weight is 263 g/mol. The molecule has 1 fully saturated rings. The summed E-state index contributed by atoms with van der Waals surface area (Å²) in [5, 5.41) is 0. The Kier molecular flexibility index (Phi) is 4.24. The lowest BCUT2D eigenvalue weighted by atomic mass is 10.2. The maximum absolute atomic E-state index is 6.03. The van der Waals surface area contributed by atoms with Crippen LogP contribution >= 0.6 is 0 Å². The van der Waals surface area contributed by atoms with E-state index in [2.05, 4.69) is 35.7 Å². The summed E-state index contributed by atoms with van der Waals surface area (Å²) >= 11 is 0. The molecule has 0 amide bonds. The third-order valence-electron chi connectivity index (χ3n) is 3.84. The van der Waals surface area contributed by atoms with Crippen molar-refractivity contribution in [1.82, 2.24) is 14.9 Å². The predicted octanol–water partition coefficient (Wildman–Crippen LogP) is 1.46. The molecule has 2 heterocycles. The van der Waals surface area contributed by atoms with Crippen LogP contribution in [-0.2, 0) is 6.42 Å². The molecule has 0 aliphatic carbocycles. The lowest BCUT2D eigenvalue weighted by molar-refractivity contribution is 0.337. The molecule has 19 heavy (non-hydrogen) atoms. The molecule has 0 aromatic carbocycles. The van der Waals surface area contributed by atoms with Crippen molar-refractivity contribution in [3.8, 4) is 0 Å². The van der Waals surface area contributed by atoms with Gasteiger partial charge < -0.3 is 15.5 Å².